The molecule has 0 spiro atoms. The fourth-order valence-electron chi connectivity index (χ4n) is 4.81. The lowest BCUT2D eigenvalue weighted by molar-refractivity contribution is -0.140. The second-order valence-corrected chi connectivity index (χ2v) is 13.5. The van der Waals surface area contributed by atoms with Crippen LogP contribution in [0.25, 0.3) is 0 Å². The van der Waals surface area contributed by atoms with Crippen LogP contribution in [0.5, 0.6) is 11.5 Å². The number of sulfonamides is 1. The quantitative estimate of drug-likeness (QED) is 0.135. The summed E-state index contributed by atoms with van der Waals surface area (Å²) in [6.45, 7) is 1.87. The van der Waals surface area contributed by atoms with Crippen LogP contribution >= 0.6 is 23.2 Å². The first-order valence-corrected chi connectivity index (χ1v) is 17.5. The van der Waals surface area contributed by atoms with Crippen molar-refractivity contribution in [2.24, 2.45) is 0 Å². The standard InChI is InChI=1S/C35H37Cl2N3O5S/c1-3-4-21-38-35(42)33(22-26-11-7-5-8-12-26)39(24-27-15-16-28(36)23-32(27)37)34(41)25-40(46(2,43)44)29-17-19-31(20-18-29)45-30-13-9-6-10-14-30/h5-20,23,33H,3-4,21-22,24-25H2,1-2H3,(H,38,42). The zero-order valence-electron chi connectivity index (χ0n) is 25.7. The number of carbonyl (C=O) groups is 2. The third kappa shape index (κ3) is 9.97. The van der Waals surface area contributed by atoms with E-state index in [-0.39, 0.29) is 24.6 Å². The van der Waals surface area contributed by atoms with E-state index in [1.165, 1.54) is 4.90 Å². The number of nitrogens with zero attached hydrogens (tertiary/aromatic N) is 2. The predicted molar refractivity (Wildman–Crippen MR) is 184 cm³/mol. The highest BCUT2D eigenvalue weighted by Crippen LogP contribution is 2.27. The van der Waals surface area contributed by atoms with Crippen molar-refractivity contribution in [1.29, 1.82) is 0 Å². The summed E-state index contributed by atoms with van der Waals surface area (Å²) in [5.41, 5.74) is 1.67. The topological polar surface area (TPSA) is 96.0 Å². The normalized spacial score (nSPS) is 11.8. The molecule has 1 N–H and O–H groups in total. The summed E-state index contributed by atoms with van der Waals surface area (Å²) in [4.78, 5) is 29.4. The van der Waals surface area contributed by atoms with Crippen LogP contribution in [-0.4, -0.2) is 50.5 Å². The highest BCUT2D eigenvalue weighted by Gasteiger charge is 2.33. The molecule has 1 unspecified atom stereocenters. The first-order valence-electron chi connectivity index (χ1n) is 14.9. The number of anilines is 1. The predicted octanol–water partition coefficient (Wildman–Crippen LogP) is 7.11. The van der Waals surface area contributed by atoms with Gasteiger partial charge in [-0.25, -0.2) is 8.42 Å². The molecule has 0 aliphatic heterocycles. The average Bonchev–Trinajstić information content (AvgIpc) is 3.03. The molecule has 0 saturated heterocycles. The second-order valence-electron chi connectivity index (χ2n) is 10.8. The summed E-state index contributed by atoms with van der Waals surface area (Å²) >= 11 is 12.7. The maximum absolute atomic E-state index is 14.3. The van der Waals surface area contributed by atoms with Crippen molar-refractivity contribution in [2.45, 2.75) is 38.8 Å². The van der Waals surface area contributed by atoms with Crippen LogP contribution in [0.4, 0.5) is 5.69 Å². The van der Waals surface area contributed by atoms with Crippen molar-refractivity contribution in [1.82, 2.24) is 10.2 Å². The molecule has 4 aromatic carbocycles. The zero-order chi connectivity index (χ0) is 33.1. The molecule has 0 aromatic heterocycles. The van der Waals surface area contributed by atoms with Gasteiger partial charge < -0.3 is 15.0 Å². The van der Waals surface area contributed by atoms with E-state index < -0.39 is 28.5 Å². The SMILES string of the molecule is CCCCNC(=O)C(Cc1ccccc1)N(Cc1ccc(Cl)cc1Cl)C(=O)CN(c1ccc(Oc2ccccc2)cc1)S(C)(=O)=O. The van der Waals surface area contributed by atoms with Crippen molar-refractivity contribution >= 4 is 50.7 Å². The Hall–Kier alpha value is -4.05. The number of carbonyl (C=O) groups excluding carboxylic acids is 2. The first kappa shape index (κ1) is 34.8. The van der Waals surface area contributed by atoms with Crippen LogP contribution in [0.15, 0.2) is 103 Å². The summed E-state index contributed by atoms with van der Waals surface area (Å²) in [5.74, 6) is 0.209. The van der Waals surface area contributed by atoms with E-state index in [1.54, 1.807) is 54.6 Å². The molecule has 0 aliphatic carbocycles. The number of nitrogens with one attached hydrogen (secondary N) is 1. The fourth-order valence-corrected chi connectivity index (χ4v) is 6.13. The van der Waals surface area contributed by atoms with Crippen LogP contribution in [0, 0.1) is 0 Å². The Labute approximate surface area is 280 Å². The lowest BCUT2D eigenvalue weighted by atomic mass is 10.0. The van der Waals surface area contributed by atoms with Crippen molar-refractivity contribution < 1.29 is 22.7 Å². The molecule has 46 heavy (non-hydrogen) atoms. The summed E-state index contributed by atoms with van der Waals surface area (Å²) < 4.78 is 33.1. The Morgan fingerprint density at radius 3 is 2.11 bits per heavy atom. The maximum atomic E-state index is 14.3. The summed E-state index contributed by atoms with van der Waals surface area (Å²) in [6.07, 6.45) is 2.89. The van der Waals surface area contributed by atoms with Crippen molar-refractivity contribution in [3.8, 4) is 11.5 Å². The lowest BCUT2D eigenvalue weighted by Crippen LogP contribution is -2.53. The van der Waals surface area contributed by atoms with E-state index in [0.29, 0.717) is 33.7 Å². The minimum Gasteiger partial charge on any atom is -0.457 e. The molecule has 4 aromatic rings. The number of hydrogen-bond acceptors (Lipinski definition) is 5. The fraction of sp³-hybridized carbons (Fsp3) is 0.257. The Kier molecular flexibility index (Phi) is 12.5. The highest BCUT2D eigenvalue weighted by molar-refractivity contribution is 7.92. The largest absolute Gasteiger partial charge is 0.457 e. The van der Waals surface area contributed by atoms with E-state index in [0.717, 1.165) is 29.0 Å². The summed E-state index contributed by atoms with van der Waals surface area (Å²) in [6, 6.07) is 28.9. The second kappa shape index (κ2) is 16.5. The molecular formula is C35H37Cl2N3O5S. The number of amides is 2. The molecule has 1 atom stereocenters. The number of benzene rings is 4. The van der Waals surface area contributed by atoms with Crippen LogP contribution in [0.3, 0.4) is 0 Å². The molecule has 0 bridgehead atoms. The Morgan fingerprint density at radius 2 is 1.50 bits per heavy atom. The number of para-hydroxylation sites is 1. The monoisotopic (exact) mass is 681 g/mol. The van der Waals surface area contributed by atoms with Crippen LogP contribution in [0.1, 0.15) is 30.9 Å². The summed E-state index contributed by atoms with van der Waals surface area (Å²) in [5, 5.41) is 3.70. The van der Waals surface area contributed by atoms with Crippen molar-refractivity contribution in [2.75, 3.05) is 23.7 Å². The van der Waals surface area contributed by atoms with Gasteiger partial charge in [-0.2, -0.15) is 0 Å². The molecule has 4 rings (SSSR count). The highest BCUT2D eigenvalue weighted by atomic mass is 35.5. The van der Waals surface area contributed by atoms with Gasteiger partial charge in [0.25, 0.3) is 0 Å². The number of unbranched alkanes of at least 4 members (excludes halogenated alkanes) is 1. The van der Waals surface area contributed by atoms with Gasteiger partial charge in [-0.05, 0) is 66.1 Å². The molecular weight excluding hydrogens is 645 g/mol. The lowest BCUT2D eigenvalue weighted by Gasteiger charge is -2.33. The number of ether oxygens (including phenoxy) is 1. The van der Waals surface area contributed by atoms with Gasteiger partial charge in [-0.15, -0.1) is 0 Å². The minimum atomic E-state index is -3.93. The van der Waals surface area contributed by atoms with Gasteiger partial charge in [0.2, 0.25) is 21.8 Å². The summed E-state index contributed by atoms with van der Waals surface area (Å²) in [7, 11) is -3.93. The van der Waals surface area contributed by atoms with Crippen molar-refractivity contribution in [3.63, 3.8) is 0 Å². The van der Waals surface area contributed by atoms with Gasteiger partial charge in [-0.3, -0.25) is 13.9 Å². The van der Waals surface area contributed by atoms with E-state index in [9.17, 15) is 18.0 Å². The minimum absolute atomic E-state index is 0.0466. The molecule has 242 valence electrons. The number of halogens is 2. The Balaban J connectivity index is 1.68. The smallest absolute Gasteiger partial charge is 0.244 e. The third-order valence-corrected chi connectivity index (χ3v) is 8.97. The molecule has 0 radical (unpaired) electrons. The Bertz CT molecular complexity index is 1710. The van der Waals surface area contributed by atoms with Gasteiger partial charge in [0.15, 0.2) is 0 Å². The van der Waals surface area contributed by atoms with Crippen LogP contribution in [-0.2, 0) is 32.6 Å². The molecule has 0 aliphatic rings. The van der Waals surface area contributed by atoms with Crippen LogP contribution < -0.4 is 14.4 Å². The van der Waals surface area contributed by atoms with E-state index in [1.807, 2.05) is 55.5 Å². The average molecular weight is 683 g/mol. The molecule has 2 amide bonds. The molecule has 11 heteroatoms. The molecule has 0 heterocycles. The van der Waals surface area contributed by atoms with Gasteiger partial charge in [0, 0.05) is 29.6 Å². The maximum Gasteiger partial charge on any atom is 0.244 e. The van der Waals surface area contributed by atoms with Gasteiger partial charge >= 0.3 is 0 Å². The molecule has 0 saturated carbocycles. The number of rotatable bonds is 15. The molecule has 8 nitrogen and oxygen atoms in total. The van der Waals surface area contributed by atoms with E-state index >= 15 is 0 Å². The van der Waals surface area contributed by atoms with Gasteiger partial charge in [-0.1, -0.05) is 91.1 Å². The van der Waals surface area contributed by atoms with Gasteiger partial charge in [0.1, 0.15) is 24.1 Å². The third-order valence-electron chi connectivity index (χ3n) is 7.24. The van der Waals surface area contributed by atoms with Crippen LogP contribution in [0.2, 0.25) is 10.0 Å². The van der Waals surface area contributed by atoms with Gasteiger partial charge in [0.05, 0.1) is 11.9 Å². The zero-order valence-corrected chi connectivity index (χ0v) is 28.1. The molecule has 0 fully saturated rings. The Morgan fingerprint density at radius 1 is 0.870 bits per heavy atom. The van der Waals surface area contributed by atoms with Crippen molar-refractivity contribution in [3.05, 3.63) is 124 Å². The first-order chi connectivity index (χ1) is 22.0. The number of hydrogen-bond donors (Lipinski definition) is 1. The van der Waals surface area contributed by atoms with E-state index in [4.69, 9.17) is 27.9 Å². The van der Waals surface area contributed by atoms with E-state index in [2.05, 4.69) is 5.32 Å².